The second-order valence-electron chi connectivity index (χ2n) is 4.44. The lowest BCUT2D eigenvalue weighted by molar-refractivity contribution is -0.383. The molecule has 0 radical (unpaired) electrons. The predicted molar refractivity (Wildman–Crippen MR) is 78.0 cm³/mol. The molecule has 0 aliphatic rings. The molecule has 6 heteroatoms. The van der Waals surface area contributed by atoms with Gasteiger partial charge in [0.1, 0.15) is 5.52 Å². The highest BCUT2D eigenvalue weighted by atomic mass is 16.6. The minimum Gasteiger partial charge on any atom is -0.382 e. The number of nitrogens with zero attached hydrogens (tertiary/aromatic N) is 2. The third-order valence-corrected chi connectivity index (χ3v) is 2.98. The van der Waals surface area contributed by atoms with Gasteiger partial charge in [0.2, 0.25) is 0 Å². The van der Waals surface area contributed by atoms with Crippen LogP contribution >= 0.6 is 0 Å². The number of nitro groups is 1. The van der Waals surface area contributed by atoms with E-state index in [-0.39, 0.29) is 11.8 Å². The van der Waals surface area contributed by atoms with Crippen LogP contribution in [0.25, 0.3) is 10.9 Å². The van der Waals surface area contributed by atoms with Crippen LogP contribution in [0.2, 0.25) is 0 Å². The lowest BCUT2D eigenvalue weighted by Gasteiger charge is -2.14. The number of hydrogen-bond donors (Lipinski definition) is 1. The average Bonchev–Trinajstić information content (AvgIpc) is 2.44. The van der Waals surface area contributed by atoms with Gasteiger partial charge >= 0.3 is 0 Å². The molecule has 0 spiro atoms. The zero-order chi connectivity index (χ0) is 14.5. The van der Waals surface area contributed by atoms with E-state index in [1.54, 1.807) is 18.3 Å². The summed E-state index contributed by atoms with van der Waals surface area (Å²) < 4.78 is 5.45. The summed E-state index contributed by atoms with van der Waals surface area (Å²) in [6, 6.07) is 6.77. The number of ether oxygens (including phenoxy) is 1. The number of fused-ring (bicyclic) bond motifs is 1. The van der Waals surface area contributed by atoms with Crippen LogP contribution in [0.1, 0.15) is 13.8 Å². The minimum absolute atomic E-state index is 0.0176. The molecule has 0 aliphatic heterocycles. The van der Waals surface area contributed by atoms with E-state index in [0.29, 0.717) is 18.7 Å². The van der Waals surface area contributed by atoms with E-state index in [1.165, 1.54) is 6.07 Å². The van der Waals surface area contributed by atoms with Gasteiger partial charge in [-0.15, -0.1) is 0 Å². The number of benzene rings is 1. The van der Waals surface area contributed by atoms with Crippen LogP contribution in [0, 0.1) is 10.1 Å². The summed E-state index contributed by atoms with van der Waals surface area (Å²) in [5.41, 5.74) is 1.24. The summed E-state index contributed by atoms with van der Waals surface area (Å²) >= 11 is 0. The molecule has 0 fully saturated rings. The summed E-state index contributed by atoms with van der Waals surface area (Å²) in [7, 11) is 0. The Morgan fingerprint density at radius 3 is 2.95 bits per heavy atom. The molecule has 2 rings (SSSR count). The molecule has 0 saturated carbocycles. The van der Waals surface area contributed by atoms with Crippen molar-refractivity contribution in [2.75, 3.05) is 18.5 Å². The molecule has 2 aromatic rings. The van der Waals surface area contributed by atoms with Gasteiger partial charge < -0.3 is 10.1 Å². The molecular weight excluding hydrogens is 258 g/mol. The van der Waals surface area contributed by atoms with Crippen molar-refractivity contribution >= 4 is 22.3 Å². The molecule has 106 valence electrons. The van der Waals surface area contributed by atoms with Crippen LogP contribution in [0.5, 0.6) is 0 Å². The highest BCUT2D eigenvalue weighted by Crippen LogP contribution is 2.29. The molecule has 1 N–H and O–H groups in total. The monoisotopic (exact) mass is 275 g/mol. The van der Waals surface area contributed by atoms with Crippen LogP contribution in [0.3, 0.4) is 0 Å². The first-order chi connectivity index (χ1) is 9.63. The number of anilines is 1. The van der Waals surface area contributed by atoms with Gasteiger partial charge in [-0.3, -0.25) is 10.1 Å². The third-order valence-electron chi connectivity index (χ3n) is 2.98. The second-order valence-corrected chi connectivity index (χ2v) is 4.44. The first-order valence-corrected chi connectivity index (χ1v) is 6.51. The van der Waals surface area contributed by atoms with E-state index in [9.17, 15) is 10.1 Å². The maximum Gasteiger partial charge on any atom is 0.295 e. The van der Waals surface area contributed by atoms with E-state index < -0.39 is 4.92 Å². The molecule has 1 unspecified atom stereocenters. The summed E-state index contributed by atoms with van der Waals surface area (Å²) in [5.74, 6) is 0. The number of nitro benzene ring substituents is 1. The van der Waals surface area contributed by atoms with E-state index in [0.717, 1.165) is 11.1 Å². The molecule has 20 heavy (non-hydrogen) atoms. The number of nitrogens with one attached hydrogen (secondary N) is 1. The molecule has 0 saturated heterocycles. The fraction of sp³-hybridized carbons (Fsp3) is 0.357. The van der Waals surface area contributed by atoms with E-state index >= 15 is 0 Å². The fourth-order valence-electron chi connectivity index (χ4n) is 2.06. The summed E-state index contributed by atoms with van der Waals surface area (Å²) in [4.78, 5) is 14.7. The molecule has 1 aromatic heterocycles. The summed E-state index contributed by atoms with van der Waals surface area (Å²) in [6.45, 7) is 5.21. The van der Waals surface area contributed by atoms with Crippen molar-refractivity contribution in [1.29, 1.82) is 0 Å². The first-order valence-electron chi connectivity index (χ1n) is 6.51. The number of aromatic nitrogens is 1. The Morgan fingerprint density at radius 2 is 2.25 bits per heavy atom. The Labute approximate surface area is 116 Å². The maximum absolute atomic E-state index is 11.0. The quantitative estimate of drug-likeness (QED) is 0.647. The Hall–Kier alpha value is -2.21. The van der Waals surface area contributed by atoms with Crippen molar-refractivity contribution < 1.29 is 9.66 Å². The smallest absolute Gasteiger partial charge is 0.295 e. The van der Waals surface area contributed by atoms with E-state index in [4.69, 9.17) is 4.74 Å². The van der Waals surface area contributed by atoms with Gasteiger partial charge in [-0.25, -0.2) is 4.98 Å². The van der Waals surface area contributed by atoms with Gasteiger partial charge in [0.05, 0.1) is 11.0 Å². The van der Waals surface area contributed by atoms with Crippen LogP contribution in [0.4, 0.5) is 11.4 Å². The lowest BCUT2D eigenvalue weighted by Crippen LogP contribution is -2.19. The Kier molecular flexibility index (Phi) is 4.47. The summed E-state index contributed by atoms with van der Waals surface area (Å²) in [5, 5.41) is 15.0. The molecule has 6 nitrogen and oxygen atoms in total. The molecule has 0 aliphatic carbocycles. The molecule has 0 amide bonds. The van der Waals surface area contributed by atoms with Crippen molar-refractivity contribution in [2.45, 2.75) is 20.0 Å². The highest BCUT2D eigenvalue weighted by Gasteiger charge is 2.15. The van der Waals surface area contributed by atoms with Crippen molar-refractivity contribution in [1.82, 2.24) is 4.98 Å². The topological polar surface area (TPSA) is 77.3 Å². The molecule has 1 heterocycles. The number of rotatable bonds is 6. The number of non-ortho nitro benzene ring substituents is 1. The maximum atomic E-state index is 11.0. The van der Waals surface area contributed by atoms with Gasteiger partial charge in [0.15, 0.2) is 0 Å². The largest absolute Gasteiger partial charge is 0.382 e. The Morgan fingerprint density at radius 1 is 1.45 bits per heavy atom. The highest BCUT2D eigenvalue weighted by molar-refractivity contribution is 5.96. The van der Waals surface area contributed by atoms with Gasteiger partial charge in [-0.05, 0) is 32.0 Å². The lowest BCUT2D eigenvalue weighted by atomic mass is 10.1. The molecule has 1 atom stereocenters. The molecule has 1 aromatic carbocycles. The Bertz CT molecular complexity index is 616. The third kappa shape index (κ3) is 3.03. The molecular formula is C14H17N3O3. The zero-order valence-electron chi connectivity index (χ0n) is 11.5. The standard InChI is InChI=1S/C14H17N3O3/c1-3-20-10(2)9-16-12-6-7-13(17(18)19)14-11(12)5-4-8-15-14/h4-8,10,16H,3,9H2,1-2H3. The first kappa shape index (κ1) is 14.2. The van der Waals surface area contributed by atoms with Crippen molar-refractivity contribution in [3.8, 4) is 0 Å². The van der Waals surface area contributed by atoms with Crippen molar-refractivity contribution in [3.63, 3.8) is 0 Å². The van der Waals surface area contributed by atoms with E-state index in [1.807, 2.05) is 19.9 Å². The minimum atomic E-state index is -0.415. The van der Waals surface area contributed by atoms with Gasteiger partial charge in [-0.2, -0.15) is 0 Å². The summed E-state index contributed by atoms with van der Waals surface area (Å²) in [6.07, 6.45) is 1.63. The van der Waals surface area contributed by atoms with E-state index in [2.05, 4.69) is 10.3 Å². The number of hydrogen-bond acceptors (Lipinski definition) is 5. The fourth-order valence-corrected chi connectivity index (χ4v) is 2.06. The number of pyridine rings is 1. The van der Waals surface area contributed by atoms with Crippen LogP contribution in [0.15, 0.2) is 30.5 Å². The van der Waals surface area contributed by atoms with Crippen LogP contribution in [-0.2, 0) is 4.74 Å². The Balaban J connectivity index is 2.31. The van der Waals surface area contributed by atoms with Gasteiger partial charge in [-0.1, -0.05) is 0 Å². The second kappa shape index (κ2) is 6.29. The predicted octanol–water partition coefficient (Wildman–Crippen LogP) is 2.98. The van der Waals surface area contributed by atoms with Gasteiger partial charge in [0, 0.05) is 36.5 Å². The van der Waals surface area contributed by atoms with Crippen molar-refractivity contribution in [2.24, 2.45) is 0 Å². The normalized spacial score (nSPS) is 12.3. The average molecular weight is 275 g/mol. The van der Waals surface area contributed by atoms with Crippen LogP contribution < -0.4 is 5.32 Å². The van der Waals surface area contributed by atoms with Gasteiger partial charge in [0.25, 0.3) is 5.69 Å². The van der Waals surface area contributed by atoms with Crippen molar-refractivity contribution in [3.05, 3.63) is 40.6 Å². The molecule has 0 bridgehead atoms. The SMILES string of the molecule is CCOC(C)CNc1ccc([N+](=O)[O-])c2ncccc12. The van der Waals surface area contributed by atoms with Crippen LogP contribution in [-0.4, -0.2) is 29.2 Å². The zero-order valence-corrected chi connectivity index (χ0v) is 11.5.